The maximum Gasteiger partial charge on any atom is 0.243 e. The minimum atomic E-state index is -3.32. The van der Waals surface area contributed by atoms with E-state index in [1.54, 1.807) is 10.4 Å². The quantitative estimate of drug-likeness (QED) is 0.835. The Kier molecular flexibility index (Phi) is 4.31. The zero-order chi connectivity index (χ0) is 14.0. The zero-order valence-corrected chi connectivity index (χ0v) is 12.9. The lowest BCUT2D eigenvalue weighted by Gasteiger charge is -2.22. The zero-order valence-electron chi connectivity index (χ0n) is 12.1. The van der Waals surface area contributed by atoms with Crippen LogP contribution >= 0.6 is 0 Å². The second-order valence-corrected chi connectivity index (χ2v) is 7.36. The van der Waals surface area contributed by atoms with E-state index in [9.17, 15) is 8.42 Å². The molecule has 0 radical (unpaired) electrons. The van der Waals surface area contributed by atoms with E-state index in [1.165, 1.54) is 0 Å². The standard InChI is InChI=1S/C15H23NO2S/c1-12-8-9-15(14(3)13(12)2)19(17,18)16-10-6-4-5-7-11-16/h8-9H,4-7,10-11H2,1-3H3. The van der Waals surface area contributed by atoms with Crippen molar-refractivity contribution in [1.29, 1.82) is 0 Å². The molecule has 4 heteroatoms. The van der Waals surface area contributed by atoms with Crippen LogP contribution in [-0.4, -0.2) is 25.8 Å². The van der Waals surface area contributed by atoms with Crippen LogP contribution in [0.2, 0.25) is 0 Å². The summed E-state index contributed by atoms with van der Waals surface area (Å²) in [5, 5.41) is 0. The van der Waals surface area contributed by atoms with E-state index in [0.29, 0.717) is 18.0 Å². The summed E-state index contributed by atoms with van der Waals surface area (Å²) in [5.41, 5.74) is 3.12. The molecular weight excluding hydrogens is 258 g/mol. The van der Waals surface area contributed by atoms with Crippen LogP contribution in [0.15, 0.2) is 17.0 Å². The summed E-state index contributed by atoms with van der Waals surface area (Å²) in [5.74, 6) is 0. The van der Waals surface area contributed by atoms with Crippen LogP contribution < -0.4 is 0 Å². The molecule has 1 aromatic carbocycles. The fourth-order valence-electron chi connectivity index (χ4n) is 2.63. The molecule has 1 aliphatic rings. The maximum atomic E-state index is 12.8. The molecule has 2 rings (SSSR count). The highest BCUT2D eigenvalue weighted by Crippen LogP contribution is 2.26. The SMILES string of the molecule is Cc1ccc(S(=O)(=O)N2CCCCCC2)c(C)c1C. The molecule has 0 aliphatic carbocycles. The fraction of sp³-hybridized carbons (Fsp3) is 0.600. The van der Waals surface area contributed by atoms with Gasteiger partial charge in [0.15, 0.2) is 0 Å². The molecule has 106 valence electrons. The van der Waals surface area contributed by atoms with Gasteiger partial charge in [-0.05, 0) is 56.4 Å². The van der Waals surface area contributed by atoms with Crippen LogP contribution in [0.5, 0.6) is 0 Å². The van der Waals surface area contributed by atoms with Gasteiger partial charge in [-0.15, -0.1) is 0 Å². The van der Waals surface area contributed by atoms with E-state index < -0.39 is 10.0 Å². The number of rotatable bonds is 2. The third-order valence-corrected chi connectivity index (χ3v) is 6.23. The highest BCUT2D eigenvalue weighted by Gasteiger charge is 2.27. The normalized spacial score (nSPS) is 18.3. The molecular formula is C15H23NO2S. The molecule has 0 unspecified atom stereocenters. The summed E-state index contributed by atoms with van der Waals surface area (Å²) in [6.45, 7) is 7.24. The van der Waals surface area contributed by atoms with Gasteiger partial charge in [0.2, 0.25) is 10.0 Å². The summed E-state index contributed by atoms with van der Waals surface area (Å²) >= 11 is 0. The van der Waals surface area contributed by atoms with Crippen molar-refractivity contribution in [3.63, 3.8) is 0 Å². The summed E-state index contributed by atoms with van der Waals surface area (Å²) in [4.78, 5) is 0.484. The van der Waals surface area contributed by atoms with Crippen molar-refractivity contribution in [1.82, 2.24) is 4.31 Å². The smallest absolute Gasteiger partial charge is 0.207 e. The van der Waals surface area contributed by atoms with Crippen molar-refractivity contribution in [3.8, 4) is 0 Å². The number of sulfonamides is 1. The first kappa shape index (κ1) is 14.5. The molecule has 0 amide bonds. The Labute approximate surface area is 116 Å². The lowest BCUT2D eigenvalue weighted by molar-refractivity contribution is 0.423. The van der Waals surface area contributed by atoms with Gasteiger partial charge in [0.25, 0.3) is 0 Å². The molecule has 1 aromatic rings. The van der Waals surface area contributed by atoms with Crippen molar-refractivity contribution in [3.05, 3.63) is 28.8 Å². The highest BCUT2D eigenvalue weighted by molar-refractivity contribution is 7.89. The first-order valence-electron chi connectivity index (χ1n) is 7.01. The minimum absolute atomic E-state index is 0.484. The van der Waals surface area contributed by atoms with E-state index in [4.69, 9.17) is 0 Å². The number of benzene rings is 1. The number of hydrogen-bond acceptors (Lipinski definition) is 2. The molecule has 0 atom stereocenters. The van der Waals surface area contributed by atoms with Gasteiger partial charge in [0, 0.05) is 13.1 Å². The molecule has 0 saturated carbocycles. The topological polar surface area (TPSA) is 37.4 Å². The highest BCUT2D eigenvalue weighted by atomic mass is 32.2. The number of aryl methyl sites for hydroxylation is 1. The van der Waals surface area contributed by atoms with Gasteiger partial charge >= 0.3 is 0 Å². The predicted octanol–water partition coefficient (Wildman–Crippen LogP) is 3.18. The first-order valence-corrected chi connectivity index (χ1v) is 8.45. The molecule has 1 heterocycles. The number of nitrogens with zero attached hydrogens (tertiary/aromatic N) is 1. The third-order valence-electron chi connectivity index (χ3n) is 4.19. The van der Waals surface area contributed by atoms with E-state index in [2.05, 4.69) is 0 Å². The van der Waals surface area contributed by atoms with E-state index in [0.717, 1.165) is 42.4 Å². The van der Waals surface area contributed by atoms with Gasteiger partial charge in [0.05, 0.1) is 4.90 Å². The van der Waals surface area contributed by atoms with Gasteiger partial charge in [-0.1, -0.05) is 18.9 Å². The second kappa shape index (κ2) is 5.63. The van der Waals surface area contributed by atoms with Crippen molar-refractivity contribution in [2.24, 2.45) is 0 Å². The fourth-order valence-corrected chi connectivity index (χ4v) is 4.43. The predicted molar refractivity (Wildman–Crippen MR) is 77.9 cm³/mol. The molecule has 0 spiro atoms. The van der Waals surface area contributed by atoms with Crippen LogP contribution in [0.1, 0.15) is 42.4 Å². The Morgan fingerprint density at radius 3 is 2.05 bits per heavy atom. The Bertz CT molecular complexity index is 556. The molecule has 1 fully saturated rings. The third kappa shape index (κ3) is 2.84. The van der Waals surface area contributed by atoms with Crippen molar-refractivity contribution in [2.75, 3.05) is 13.1 Å². The van der Waals surface area contributed by atoms with Crippen molar-refractivity contribution in [2.45, 2.75) is 51.3 Å². The van der Waals surface area contributed by atoms with Crippen LogP contribution in [0.25, 0.3) is 0 Å². The molecule has 0 N–H and O–H groups in total. The Morgan fingerprint density at radius 1 is 0.895 bits per heavy atom. The average Bonchev–Trinajstić information content (AvgIpc) is 2.65. The van der Waals surface area contributed by atoms with Crippen molar-refractivity contribution >= 4 is 10.0 Å². The summed E-state index contributed by atoms with van der Waals surface area (Å²) < 4.78 is 27.2. The lowest BCUT2D eigenvalue weighted by Crippen LogP contribution is -2.32. The largest absolute Gasteiger partial charge is 0.243 e. The summed E-state index contributed by atoms with van der Waals surface area (Å²) in [7, 11) is -3.32. The van der Waals surface area contributed by atoms with Crippen LogP contribution in [-0.2, 0) is 10.0 Å². The van der Waals surface area contributed by atoms with E-state index >= 15 is 0 Å². The first-order chi connectivity index (χ1) is 8.94. The van der Waals surface area contributed by atoms with Crippen LogP contribution in [0.4, 0.5) is 0 Å². The van der Waals surface area contributed by atoms with E-state index in [1.807, 2.05) is 26.8 Å². The molecule has 3 nitrogen and oxygen atoms in total. The lowest BCUT2D eigenvalue weighted by atomic mass is 10.1. The van der Waals surface area contributed by atoms with Gasteiger partial charge in [-0.2, -0.15) is 4.31 Å². The van der Waals surface area contributed by atoms with Gasteiger partial charge in [0.1, 0.15) is 0 Å². The Balaban J connectivity index is 2.41. The minimum Gasteiger partial charge on any atom is -0.207 e. The van der Waals surface area contributed by atoms with Crippen molar-refractivity contribution < 1.29 is 8.42 Å². The maximum absolute atomic E-state index is 12.8. The molecule has 0 aromatic heterocycles. The van der Waals surface area contributed by atoms with Gasteiger partial charge in [-0.3, -0.25) is 0 Å². The summed E-state index contributed by atoms with van der Waals surface area (Å²) in [6.07, 6.45) is 4.22. The summed E-state index contributed by atoms with van der Waals surface area (Å²) in [6, 6.07) is 3.67. The monoisotopic (exact) mass is 281 g/mol. The number of hydrogen-bond donors (Lipinski definition) is 0. The van der Waals surface area contributed by atoms with Crippen LogP contribution in [0, 0.1) is 20.8 Å². The van der Waals surface area contributed by atoms with E-state index in [-0.39, 0.29) is 0 Å². The molecule has 1 aliphatic heterocycles. The molecule has 19 heavy (non-hydrogen) atoms. The van der Waals surface area contributed by atoms with Crippen LogP contribution in [0.3, 0.4) is 0 Å². The van der Waals surface area contributed by atoms with Gasteiger partial charge in [-0.25, -0.2) is 8.42 Å². The Morgan fingerprint density at radius 2 is 1.47 bits per heavy atom. The Hall–Kier alpha value is -0.870. The average molecular weight is 281 g/mol. The van der Waals surface area contributed by atoms with Gasteiger partial charge < -0.3 is 0 Å². The molecule has 0 bridgehead atoms. The second-order valence-electron chi connectivity index (χ2n) is 5.45. The molecule has 1 saturated heterocycles.